The van der Waals surface area contributed by atoms with Gasteiger partial charge in [0.15, 0.2) is 0 Å². The van der Waals surface area contributed by atoms with Gasteiger partial charge in [-0.2, -0.15) is 0 Å². The molecular weight excluding hydrogens is 100 g/mol. The van der Waals surface area contributed by atoms with Crippen LogP contribution in [0, 0.1) is 6.42 Å². The summed E-state index contributed by atoms with van der Waals surface area (Å²) >= 11 is 0. The molecule has 0 aliphatic carbocycles. The average Bonchev–Trinajstić information content (AvgIpc) is 1.82. The molecule has 0 aromatic carbocycles. The first kappa shape index (κ1) is 6.09. The first-order chi connectivity index (χ1) is 3.60. The molecule has 0 N–H and O–H groups in total. The summed E-state index contributed by atoms with van der Waals surface area (Å²) < 4.78 is 5.49. The number of hydrogen-bond donors (Lipinski definition) is 0. The third kappa shape index (κ3) is 1.22. The number of hydrogen-bond acceptors (Lipinski definition) is 1. The van der Waals surface area contributed by atoms with Crippen molar-refractivity contribution in [1.82, 2.24) is 0 Å². The summed E-state index contributed by atoms with van der Waals surface area (Å²) in [4.78, 5) is 0. The highest BCUT2D eigenvalue weighted by atomic mass is 16.5. The van der Waals surface area contributed by atoms with Crippen LogP contribution in [0.4, 0.5) is 0 Å². The minimum absolute atomic E-state index is 0.0411. The van der Waals surface area contributed by atoms with Crippen LogP contribution in [-0.4, -0.2) is 11.7 Å². The van der Waals surface area contributed by atoms with Gasteiger partial charge in [-0.3, -0.25) is 0 Å². The summed E-state index contributed by atoms with van der Waals surface area (Å²) in [6, 6.07) is 0. The van der Waals surface area contributed by atoms with E-state index in [1.54, 1.807) is 0 Å². The van der Waals surface area contributed by atoms with Crippen molar-refractivity contribution >= 4 is 0 Å². The number of ether oxygens (including phenoxy) is 1. The maximum atomic E-state index is 5.49. The van der Waals surface area contributed by atoms with Gasteiger partial charge in [0.25, 0.3) is 0 Å². The zero-order valence-electron chi connectivity index (χ0n) is 5.77. The molecule has 8 heavy (non-hydrogen) atoms. The largest absolute Gasteiger partial charge is 0.372 e. The molecule has 1 heteroatoms. The summed E-state index contributed by atoms with van der Waals surface area (Å²) in [5, 5.41) is 0. The van der Waals surface area contributed by atoms with Gasteiger partial charge in [-0.1, -0.05) is 0 Å². The first-order valence-corrected chi connectivity index (χ1v) is 3.12. The quantitative estimate of drug-likeness (QED) is 0.465. The highest BCUT2D eigenvalue weighted by Gasteiger charge is 2.28. The molecule has 47 valence electrons. The Morgan fingerprint density at radius 1 is 1.62 bits per heavy atom. The second-order valence-electron chi connectivity index (χ2n) is 2.97. The highest BCUT2D eigenvalue weighted by molar-refractivity contribution is 4.94. The third-order valence-electron chi connectivity index (χ3n) is 1.45. The predicted octanol–water partition coefficient (Wildman–Crippen LogP) is 1.78. The lowest BCUT2D eigenvalue weighted by Gasteiger charge is -2.16. The number of rotatable bonds is 0. The fraction of sp³-hybridized carbons (Fsp3) is 0.857. The van der Waals surface area contributed by atoms with Gasteiger partial charge in [0, 0.05) is 0 Å². The molecule has 1 heterocycles. The second-order valence-corrected chi connectivity index (χ2v) is 2.97. The molecule has 0 aromatic heterocycles. The summed E-state index contributed by atoms with van der Waals surface area (Å²) in [6.45, 7) is 6.29. The van der Waals surface area contributed by atoms with Crippen molar-refractivity contribution in [3.63, 3.8) is 0 Å². The molecule has 1 rings (SSSR count). The minimum atomic E-state index is 0.0411. The topological polar surface area (TPSA) is 9.23 Å². The molecule has 1 nitrogen and oxygen atoms in total. The van der Waals surface area contributed by atoms with Gasteiger partial charge in [0.05, 0.1) is 11.7 Å². The predicted molar refractivity (Wildman–Crippen MR) is 33.5 cm³/mol. The molecule has 1 atom stereocenters. The van der Waals surface area contributed by atoms with Crippen LogP contribution in [-0.2, 0) is 4.74 Å². The molecule has 1 aliphatic rings. The van der Waals surface area contributed by atoms with Crippen molar-refractivity contribution < 1.29 is 4.74 Å². The van der Waals surface area contributed by atoms with E-state index in [2.05, 4.69) is 27.2 Å². The Morgan fingerprint density at radius 2 is 2.25 bits per heavy atom. The first-order valence-electron chi connectivity index (χ1n) is 3.12. The van der Waals surface area contributed by atoms with Gasteiger partial charge >= 0.3 is 0 Å². The standard InChI is InChI=1S/C7H13O/c1-6-4-5-7(2,3)8-6/h5-6H,4H2,1-3H3. The van der Waals surface area contributed by atoms with Crippen LogP contribution in [0.15, 0.2) is 0 Å². The van der Waals surface area contributed by atoms with Crippen LogP contribution in [0.1, 0.15) is 27.2 Å². The van der Waals surface area contributed by atoms with Crippen LogP contribution in [0.25, 0.3) is 0 Å². The molecular formula is C7H13O. The lowest BCUT2D eigenvalue weighted by Crippen LogP contribution is -2.18. The van der Waals surface area contributed by atoms with Crippen molar-refractivity contribution in [2.75, 3.05) is 0 Å². The summed E-state index contributed by atoms with van der Waals surface area (Å²) in [5.41, 5.74) is 0.0411. The minimum Gasteiger partial charge on any atom is -0.372 e. The van der Waals surface area contributed by atoms with Crippen LogP contribution < -0.4 is 0 Å². The van der Waals surface area contributed by atoms with Gasteiger partial charge in [0.2, 0.25) is 0 Å². The molecule has 1 unspecified atom stereocenters. The third-order valence-corrected chi connectivity index (χ3v) is 1.45. The Morgan fingerprint density at radius 3 is 2.38 bits per heavy atom. The Balaban J connectivity index is 2.44. The lowest BCUT2D eigenvalue weighted by atomic mass is 10.1. The second kappa shape index (κ2) is 1.73. The van der Waals surface area contributed by atoms with E-state index in [0.29, 0.717) is 6.10 Å². The Kier molecular flexibility index (Phi) is 1.31. The van der Waals surface area contributed by atoms with Crippen LogP contribution in [0.5, 0.6) is 0 Å². The van der Waals surface area contributed by atoms with E-state index in [0.717, 1.165) is 6.42 Å². The van der Waals surface area contributed by atoms with E-state index in [-0.39, 0.29) is 5.60 Å². The Hall–Kier alpha value is -0.0400. The van der Waals surface area contributed by atoms with Gasteiger partial charge in [-0.15, -0.1) is 0 Å². The SMILES string of the molecule is CC1C[CH]C(C)(C)O1. The van der Waals surface area contributed by atoms with Crippen molar-refractivity contribution in [3.05, 3.63) is 6.42 Å². The van der Waals surface area contributed by atoms with Gasteiger partial charge in [-0.05, 0) is 33.6 Å². The normalized spacial score (nSPS) is 35.6. The summed E-state index contributed by atoms with van der Waals surface area (Å²) in [7, 11) is 0. The van der Waals surface area contributed by atoms with E-state index in [1.165, 1.54) is 0 Å². The Bertz CT molecular complexity index is 86.4. The van der Waals surface area contributed by atoms with Crippen molar-refractivity contribution in [3.8, 4) is 0 Å². The van der Waals surface area contributed by atoms with E-state index in [1.807, 2.05) is 0 Å². The molecule has 0 spiro atoms. The van der Waals surface area contributed by atoms with Crippen molar-refractivity contribution in [1.29, 1.82) is 0 Å². The van der Waals surface area contributed by atoms with Crippen molar-refractivity contribution in [2.45, 2.75) is 38.9 Å². The van der Waals surface area contributed by atoms with Crippen LogP contribution in [0.3, 0.4) is 0 Å². The molecule has 1 saturated heterocycles. The summed E-state index contributed by atoms with van der Waals surface area (Å²) in [5.74, 6) is 0. The molecule has 0 saturated carbocycles. The zero-order valence-corrected chi connectivity index (χ0v) is 5.77. The van der Waals surface area contributed by atoms with Gasteiger partial charge < -0.3 is 4.74 Å². The highest BCUT2D eigenvalue weighted by Crippen LogP contribution is 2.27. The molecule has 0 amide bonds. The maximum Gasteiger partial charge on any atom is 0.0662 e. The smallest absolute Gasteiger partial charge is 0.0662 e. The molecule has 0 bridgehead atoms. The summed E-state index contributed by atoms with van der Waals surface area (Å²) in [6.07, 6.45) is 3.76. The van der Waals surface area contributed by atoms with E-state index >= 15 is 0 Å². The van der Waals surface area contributed by atoms with Crippen molar-refractivity contribution in [2.24, 2.45) is 0 Å². The lowest BCUT2D eigenvalue weighted by molar-refractivity contribution is 0.00499. The molecule has 1 aliphatic heterocycles. The average molecular weight is 113 g/mol. The van der Waals surface area contributed by atoms with E-state index < -0.39 is 0 Å². The fourth-order valence-corrected chi connectivity index (χ4v) is 1.06. The van der Waals surface area contributed by atoms with E-state index in [4.69, 9.17) is 4.74 Å². The van der Waals surface area contributed by atoms with Gasteiger partial charge in [-0.25, -0.2) is 0 Å². The zero-order chi connectivity index (χ0) is 6.20. The maximum absolute atomic E-state index is 5.49. The molecule has 0 aromatic rings. The molecule has 1 fully saturated rings. The monoisotopic (exact) mass is 113 g/mol. The van der Waals surface area contributed by atoms with Crippen LogP contribution in [0.2, 0.25) is 0 Å². The Labute approximate surface area is 51.0 Å². The van der Waals surface area contributed by atoms with Gasteiger partial charge in [0.1, 0.15) is 0 Å². The molecule has 1 radical (unpaired) electrons. The van der Waals surface area contributed by atoms with Crippen LogP contribution >= 0.6 is 0 Å². The van der Waals surface area contributed by atoms with E-state index in [9.17, 15) is 0 Å². The fourth-order valence-electron chi connectivity index (χ4n) is 1.06.